The number of anilines is 1. The summed E-state index contributed by atoms with van der Waals surface area (Å²) in [5, 5.41) is 2.93. The maximum absolute atomic E-state index is 11.9. The van der Waals surface area contributed by atoms with Crippen LogP contribution in [-0.2, 0) is 4.79 Å². The Morgan fingerprint density at radius 1 is 1.28 bits per heavy atom. The number of carbonyl (C=O) groups excluding carboxylic acids is 1. The third-order valence-corrected chi connectivity index (χ3v) is 4.58. The quantitative estimate of drug-likeness (QED) is 0.881. The number of benzene rings is 1. The van der Waals surface area contributed by atoms with E-state index < -0.39 is 6.10 Å². The molecule has 1 atom stereocenters. The zero-order valence-corrected chi connectivity index (χ0v) is 12.3. The van der Waals surface area contributed by atoms with Crippen LogP contribution in [0.2, 0.25) is 0 Å². The van der Waals surface area contributed by atoms with Gasteiger partial charge in [-0.25, -0.2) is 0 Å². The highest BCUT2D eigenvalue weighted by Crippen LogP contribution is 2.42. The Hall–Kier alpha value is -1.07. The average Bonchev–Trinajstić information content (AvgIpc) is 2.36. The zero-order chi connectivity index (χ0) is 13.4. The molecule has 1 aliphatic heterocycles. The largest absolute Gasteiger partial charge is 0.478 e. The number of halogens is 1. The first-order chi connectivity index (χ1) is 8.47. The predicted molar refractivity (Wildman–Crippen MR) is 75.1 cm³/mol. The monoisotopic (exact) mass is 312 g/mol. The molecule has 18 heavy (non-hydrogen) atoms. The molecule has 0 aliphatic carbocycles. The second-order valence-electron chi connectivity index (χ2n) is 4.57. The van der Waals surface area contributed by atoms with Gasteiger partial charge in [-0.15, -0.1) is 0 Å². The van der Waals surface area contributed by atoms with Crippen molar-refractivity contribution in [1.29, 1.82) is 0 Å². The standard InChI is InChI=1S/C13H17BrN2O2/c1-6-7(2)11-12(8(3)10(6)14)18-9(4-5-15)13(17)16-11/h9H,4-5,15H2,1-3H3,(H,16,17). The molecule has 1 aromatic rings. The number of rotatable bonds is 2. The fourth-order valence-electron chi connectivity index (χ4n) is 2.13. The lowest BCUT2D eigenvalue weighted by Gasteiger charge is -2.29. The molecule has 1 heterocycles. The number of hydrogen-bond acceptors (Lipinski definition) is 3. The molecule has 0 aromatic heterocycles. The second kappa shape index (κ2) is 4.90. The van der Waals surface area contributed by atoms with Gasteiger partial charge >= 0.3 is 0 Å². The van der Waals surface area contributed by atoms with E-state index in [0.29, 0.717) is 13.0 Å². The molecule has 0 bridgehead atoms. The van der Waals surface area contributed by atoms with E-state index in [-0.39, 0.29) is 5.91 Å². The SMILES string of the molecule is Cc1c(C)c2c(c(C)c1Br)OC(CCN)C(=O)N2. The van der Waals surface area contributed by atoms with Crippen LogP contribution in [0.5, 0.6) is 5.75 Å². The van der Waals surface area contributed by atoms with Gasteiger partial charge < -0.3 is 15.8 Å². The Morgan fingerprint density at radius 3 is 2.56 bits per heavy atom. The molecule has 0 saturated heterocycles. The van der Waals surface area contributed by atoms with Crippen LogP contribution in [0.15, 0.2) is 4.47 Å². The third-order valence-electron chi connectivity index (χ3n) is 3.39. The first-order valence-corrected chi connectivity index (χ1v) is 6.73. The van der Waals surface area contributed by atoms with Gasteiger partial charge in [0.15, 0.2) is 6.10 Å². The number of fused-ring (bicyclic) bond motifs is 1. The Kier molecular flexibility index (Phi) is 3.64. The molecule has 0 saturated carbocycles. The predicted octanol–water partition coefficient (Wildman–Crippen LogP) is 2.42. The molecule has 3 N–H and O–H groups in total. The molecule has 4 nitrogen and oxygen atoms in total. The summed E-state index contributed by atoms with van der Waals surface area (Å²) >= 11 is 3.57. The van der Waals surface area contributed by atoms with Gasteiger partial charge in [-0.3, -0.25) is 4.79 Å². The minimum atomic E-state index is -0.491. The molecule has 2 rings (SSSR count). The van der Waals surface area contributed by atoms with Crippen LogP contribution < -0.4 is 15.8 Å². The summed E-state index contributed by atoms with van der Waals surface area (Å²) < 4.78 is 6.84. The lowest BCUT2D eigenvalue weighted by molar-refractivity contribution is -0.123. The van der Waals surface area contributed by atoms with E-state index in [1.54, 1.807) is 0 Å². The van der Waals surface area contributed by atoms with Crippen LogP contribution in [-0.4, -0.2) is 18.6 Å². The van der Waals surface area contributed by atoms with Crippen molar-refractivity contribution < 1.29 is 9.53 Å². The number of nitrogens with one attached hydrogen (secondary N) is 1. The van der Waals surface area contributed by atoms with Crippen LogP contribution in [0.1, 0.15) is 23.1 Å². The van der Waals surface area contributed by atoms with Crippen LogP contribution in [0.4, 0.5) is 5.69 Å². The molecule has 1 unspecified atom stereocenters. The van der Waals surface area contributed by atoms with Crippen LogP contribution in [0, 0.1) is 20.8 Å². The number of carbonyl (C=O) groups is 1. The smallest absolute Gasteiger partial charge is 0.265 e. The number of hydrogen-bond donors (Lipinski definition) is 2. The van der Waals surface area contributed by atoms with E-state index in [9.17, 15) is 4.79 Å². The first-order valence-electron chi connectivity index (χ1n) is 5.94. The normalized spacial score (nSPS) is 18.1. The summed E-state index contributed by atoms with van der Waals surface area (Å²) in [4.78, 5) is 11.9. The molecular formula is C13H17BrN2O2. The maximum atomic E-state index is 11.9. The highest BCUT2D eigenvalue weighted by molar-refractivity contribution is 9.10. The van der Waals surface area contributed by atoms with Crippen molar-refractivity contribution in [3.63, 3.8) is 0 Å². The summed E-state index contributed by atoms with van der Waals surface area (Å²) in [6.45, 7) is 6.40. The van der Waals surface area contributed by atoms with Gasteiger partial charge in [0.2, 0.25) is 0 Å². The highest BCUT2D eigenvalue weighted by atomic mass is 79.9. The number of amides is 1. The molecular weight excluding hydrogens is 296 g/mol. The van der Waals surface area contributed by atoms with Gasteiger partial charge in [0.25, 0.3) is 5.91 Å². The lowest BCUT2D eigenvalue weighted by atomic mass is 10.0. The van der Waals surface area contributed by atoms with E-state index in [1.165, 1.54) is 0 Å². The summed E-state index contributed by atoms with van der Waals surface area (Å²) in [5.41, 5.74) is 9.44. The molecule has 5 heteroatoms. The van der Waals surface area contributed by atoms with Crippen LogP contribution >= 0.6 is 15.9 Å². The van der Waals surface area contributed by atoms with Crippen molar-refractivity contribution in [1.82, 2.24) is 0 Å². The van der Waals surface area contributed by atoms with E-state index >= 15 is 0 Å². The minimum absolute atomic E-state index is 0.114. The Balaban J connectivity index is 2.52. The fourth-order valence-corrected chi connectivity index (χ4v) is 2.61. The van der Waals surface area contributed by atoms with E-state index in [4.69, 9.17) is 10.5 Å². The summed E-state index contributed by atoms with van der Waals surface area (Å²) in [6, 6.07) is 0. The van der Waals surface area contributed by atoms with E-state index in [1.807, 2.05) is 20.8 Å². The van der Waals surface area contributed by atoms with Crippen molar-refractivity contribution in [2.45, 2.75) is 33.3 Å². The Labute approximate surface area is 115 Å². The first kappa shape index (κ1) is 13.4. The van der Waals surface area contributed by atoms with Gasteiger partial charge in [-0.2, -0.15) is 0 Å². The topological polar surface area (TPSA) is 64.3 Å². The van der Waals surface area contributed by atoms with Crippen molar-refractivity contribution in [2.24, 2.45) is 5.73 Å². The summed E-state index contributed by atoms with van der Waals surface area (Å²) in [7, 11) is 0. The van der Waals surface area contributed by atoms with E-state index in [2.05, 4.69) is 21.2 Å². The Morgan fingerprint density at radius 2 is 1.94 bits per heavy atom. The molecule has 1 amide bonds. The third kappa shape index (κ3) is 2.01. The van der Waals surface area contributed by atoms with Crippen molar-refractivity contribution in [3.8, 4) is 5.75 Å². The van der Waals surface area contributed by atoms with Crippen molar-refractivity contribution in [2.75, 3.05) is 11.9 Å². The molecule has 1 aromatic carbocycles. The molecule has 0 radical (unpaired) electrons. The summed E-state index contributed by atoms with van der Waals surface area (Å²) in [6.07, 6.45) is 0.0325. The van der Waals surface area contributed by atoms with Gasteiger partial charge in [-0.1, -0.05) is 15.9 Å². The van der Waals surface area contributed by atoms with Gasteiger partial charge in [0.05, 0.1) is 5.69 Å². The number of nitrogens with two attached hydrogens (primary N) is 1. The Bertz CT molecular complexity index is 514. The maximum Gasteiger partial charge on any atom is 0.265 e. The second-order valence-corrected chi connectivity index (χ2v) is 5.36. The minimum Gasteiger partial charge on any atom is -0.478 e. The molecule has 98 valence electrons. The zero-order valence-electron chi connectivity index (χ0n) is 10.8. The molecule has 0 fully saturated rings. The van der Waals surface area contributed by atoms with Gasteiger partial charge in [0, 0.05) is 16.5 Å². The average molecular weight is 313 g/mol. The molecule has 0 spiro atoms. The van der Waals surface area contributed by atoms with Crippen LogP contribution in [0.3, 0.4) is 0 Å². The summed E-state index contributed by atoms with van der Waals surface area (Å²) in [5.74, 6) is 0.639. The van der Waals surface area contributed by atoms with Crippen molar-refractivity contribution in [3.05, 3.63) is 21.2 Å². The number of ether oxygens (including phenoxy) is 1. The van der Waals surface area contributed by atoms with Crippen molar-refractivity contribution >= 4 is 27.5 Å². The fraction of sp³-hybridized carbons (Fsp3) is 0.462. The van der Waals surface area contributed by atoms with Gasteiger partial charge in [0.1, 0.15) is 5.75 Å². The van der Waals surface area contributed by atoms with Gasteiger partial charge in [-0.05, 0) is 38.4 Å². The van der Waals surface area contributed by atoms with E-state index in [0.717, 1.165) is 32.6 Å². The van der Waals surface area contributed by atoms with Crippen LogP contribution in [0.25, 0.3) is 0 Å². The molecule has 1 aliphatic rings. The lowest BCUT2D eigenvalue weighted by Crippen LogP contribution is -2.39. The highest BCUT2D eigenvalue weighted by Gasteiger charge is 2.30.